The van der Waals surface area contributed by atoms with Gasteiger partial charge in [0, 0.05) is 67.9 Å². The Morgan fingerprint density at radius 3 is 2.20 bits per heavy atom. The number of aliphatic hydroxyl groups is 1. The zero-order chi connectivity index (χ0) is 42.8. The third kappa shape index (κ3) is 10.3. The number of rotatable bonds is 16. The summed E-state index contributed by atoms with van der Waals surface area (Å²) in [7, 11) is 0. The number of nitrogens with one attached hydrogen (secondary N) is 1. The van der Waals surface area contributed by atoms with Crippen molar-refractivity contribution in [3.05, 3.63) is 155 Å². The van der Waals surface area contributed by atoms with Gasteiger partial charge in [-0.25, -0.2) is 4.79 Å². The fourth-order valence-corrected chi connectivity index (χ4v) is 8.36. The molecular formula is C51H56N4O6. The van der Waals surface area contributed by atoms with Crippen LogP contribution in [0.3, 0.4) is 0 Å². The van der Waals surface area contributed by atoms with Gasteiger partial charge in [-0.3, -0.25) is 19.3 Å². The van der Waals surface area contributed by atoms with Crippen LogP contribution in [0.2, 0.25) is 0 Å². The number of benzene rings is 3. The van der Waals surface area contributed by atoms with Crippen LogP contribution in [0.5, 0.6) is 5.75 Å². The lowest BCUT2D eigenvalue weighted by atomic mass is 9.76. The molecule has 10 nitrogen and oxygen atoms in total. The highest BCUT2D eigenvalue weighted by Gasteiger charge is 2.43. The van der Waals surface area contributed by atoms with E-state index in [4.69, 9.17) is 4.74 Å². The van der Waals surface area contributed by atoms with Gasteiger partial charge in [0.05, 0.1) is 12.2 Å². The Balaban J connectivity index is 0.836. The van der Waals surface area contributed by atoms with Gasteiger partial charge in [-0.1, -0.05) is 79.8 Å². The second-order valence-electron chi connectivity index (χ2n) is 16.0. The summed E-state index contributed by atoms with van der Waals surface area (Å²) in [5.74, 6) is 0.200. The standard InChI is InChI=1S/C51H56N4O6/c1-3-5-6-7-8-9-10-11-12-13-14-15-16-17-18-48(57)52-41-22-19-37(20-23-41)35-53-27-29-54(30-28-53)50(59)61-42-24-21-38-33-44-40(31-39(38)32-42)36-55-46(44)34-45-43(49(55)58)25-26-47(56)51(45,60)4-2/h3,6-7,9-10,12-13,15-16,19-24,31-34,60H,1,4-5,8,11,14,17-18,25-30,35-36H2,2H3,(H,52,57). The first-order chi connectivity index (χ1) is 29.7. The number of hydrogen-bond donors (Lipinski definition) is 2. The van der Waals surface area contributed by atoms with E-state index in [9.17, 15) is 24.3 Å². The highest BCUT2D eigenvalue weighted by molar-refractivity contribution is 5.93. The number of ketones is 1. The smallest absolute Gasteiger partial charge is 0.410 e. The number of allylic oxidation sites excluding steroid dienone is 9. The highest BCUT2D eigenvalue weighted by atomic mass is 16.6. The number of fused-ring (bicyclic) bond motifs is 5. The number of pyridine rings is 1. The van der Waals surface area contributed by atoms with Crippen LogP contribution in [0.25, 0.3) is 22.0 Å². The van der Waals surface area contributed by atoms with E-state index in [0.717, 1.165) is 65.4 Å². The molecule has 3 aromatic carbocycles. The van der Waals surface area contributed by atoms with Gasteiger partial charge in [-0.15, -0.1) is 6.58 Å². The zero-order valence-corrected chi connectivity index (χ0v) is 35.1. The van der Waals surface area contributed by atoms with Crippen LogP contribution in [0, 0.1) is 0 Å². The molecule has 1 unspecified atom stereocenters. The second-order valence-corrected chi connectivity index (χ2v) is 16.0. The normalized spacial score (nSPS) is 17.7. The number of nitrogens with zero attached hydrogens (tertiary/aromatic N) is 3. The summed E-state index contributed by atoms with van der Waals surface area (Å²) in [6.45, 7) is 9.11. The predicted octanol–water partition coefficient (Wildman–Crippen LogP) is 9.15. The molecule has 1 fully saturated rings. The van der Waals surface area contributed by atoms with E-state index in [1.807, 2.05) is 60.7 Å². The molecule has 0 saturated carbocycles. The third-order valence-electron chi connectivity index (χ3n) is 11.9. The maximum absolute atomic E-state index is 13.6. The summed E-state index contributed by atoms with van der Waals surface area (Å²) in [6.07, 6.45) is 24.0. The fourth-order valence-electron chi connectivity index (χ4n) is 8.36. The molecule has 3 aliphatic rings. The van der Waals surface area contributed by atoms with E-state index in [1.165, 1.54) is 0 Å². The van der Waals surface area contributed by atoms with Crippen LogP contribution in [0.1, 0.15) is 80.5 Å². The van der Waals surface area contributed by atoms with E-state index in [-0.39, 0.29) is 30.1 Å². The van der Waals surface area contributed by atoms with Crippen molar-refractivity contribution in [3.63, 3.8) is 0 Å². The topological polar surface area (TPSA) is 121 Å². The average molecular weight is 821 g/mol. The lowest BCUT2D eigenvalue weighted by Gasteiger charge is -2.34. The van der Waals surface area contributed by atoms with Gasteiger partial charge >= 0.3 is 6.09 Å². The summed E-state index contributed by atoms with van der Waals surface area (Å²) in [5, 5.41) is 16.1. The Labute approximate surface area is 358 Å². The monoisotopic (exact) mass is 820 g/mol. The maximum atomic E-state index is 13.6. The minimum atomic E-state index is -1.64. The lowest BCUT2D eigenvalue weighted by Crippen LogP contribution is -2.49. The number of carbonyl (C=O) groups is 3. The Morgan fingerprint density at radius 1 is 0.820 bits per heavy atom. The second kappa shape index (κ2) is 20.0. The van der Waals surface area contributed by atoms with Gasteiger partial charge in [-0.05, 0) is 109 Å². The van der Waals surface area contributed by atoms with Gasteiger partial charge in [0.2, 0.25) is 5.91 Å². The zero-order valence-electron chi connectivity index (χ0n) is 35.1. The van der Waals surface area contributed by atoms with Gasteiger partial charge < -0.3 is 24.6 Å². The highest BCUT2D eigenvalue weighted by Crippen LogP contribution is 2.40. The summed E-state index contributed by atoms with van der Waals surface area (Å²) < 4.78 is 7.59. The fraction of sp³-hybridized carbons (Fsp3) is 0.333. The molecule has 1 aromatic heterocycles. The van der Waals surface area contributed by atoms with Gasteiger partial charge in [0.25, 0.3) is 5.56 Å². The molecule has 1 aliphatic carbocycles. The van der Waals surface area contributed by atoms with E-state index in [1.54, 1.807) is 22.5 Å². The minimum Gasteiger partial charge on any atom is -0.410 e. The van der Waals surface area contributed by atoms with Crippen LogP contribution in [-0.2, 0) is 34.7 Å². The molecule has 0 spiro atoms. The number of hydrogen-bond acceptors (Lipinski definition) is 7. The molecular weight excluding hydrogens is 765 g/mol. The molecule has 4 aromatic rings. The molecule has 61 heavy (non-hydrogen) atoms. The first-order valence-corrected chi connectivity index (χ1v) is 21.6. The van der Waals surface area contributed by atoms with Crippen molar-refractivity contribution in [2.45, 2.75) is 83.4 Å². The van der Waals surface area contributed by atoms with E-state index in [0.29, 0.717) is 74.6 Å². The van der Waals surface area contributed by atoms with Crippen LogP contribution < -0.4 is 15.6 Å². The number of carbonyl (C=O) groups excluding carboxylic acids is 3. The first kappa shape index (κ1) is 43.0. The van der Waals surface area contributed by atoms with Crippen molar-refractivity contribution in [1.29, 1.82) is 0 Å². The summed E-state index contributed by atoms with van der Waals surface area (Å²) in [6, 6.07) is 19.4. The molecule has 2 amide bonds. The van der Waals surface area contributed by atoms with Crippen molar-refractivity contribution in [1.82, 2.24) is 14.4 Å². The van der Waals surface area contributed by atoms with Crippen molar-refractivity contribution in [2.75, 3.05) is 31.5 Å². The molecule has 10 heteroatoms. The molecule has 0 bridgehead atoms. The number of amides is 2. The summed E-state index contributed by atoms with van der Waals surface area (Å²) >= 11 is 0. The molecule has 0 radical (unpaired) electrons. The maximum Gasteiger partial charge on any atom is 0.415 e. The minimum absolute atomic E-state index is 0.00944. The van der Waals surface area contributed by atoms with Crippen molar-refractivity contribution in [3.8, 4) is 17.0 Å². The molecule has 7 rings (SSSR count). The SMILES string of the molecule is C=CCC=CCC=CCC=CCC=CCCC(=O)Nc1ccc(CN2CCN(C(=O)Oc3ccc4cc5c(cc4c3)Cn3c-5cc4c(c3=O)CCC(=O)C4(O)CC)CC2)cc1. The molecule has 316 valence electrons. The third-order valence-corrected chi connectivity index (χ3v) is 11.9. The van der Waals surface area contributed by atoms with Crippen molar-refractivity contribution < 1.29 is 24.2 Å². The number of Topliss-reactive ketones (excluding diaryl/α,β-unsaturated/α-hetero) is 1. The summed E-state index contributed by atoms with van der Waals surface area (Å²) in [4.78, 5) is 56.1. The molecule has 3 heterocycles. The van der Waals surface area contributed by atoms with Crippen LogP contribution in [0.15, 0.2) is 127 Å². The molecule has 1 saturated heterocycles. The van der Waals surface area contributed by atoms with Crippen molar-refractivity contribution >= 4 is 34.2 Å². The van der Waals surface area contributed by atoms with Crippen LogP contribution >= 0.6 is 0 Å². The van der Waals surface area contributed by atoms with Crippen LogP contribution in [-0.4, -0.2) is 63.4 Å². The van der Waals surface area contributed by atoms with Crippen molar-refractivity contribution in [2.24, 2.45) is 0 Å². The Hall–Kier alpha value is -6.10. The van der Waals surface area contributed by atoms with Gasteiger partial charge in [0.1, 0.15) is 11.4 Å². The largest absolute Gasteiger partial charge is 0.415 e. The molecule has 1 atom stereocenters. The number of anilines is 1. The Morgan fingerprint density at radius 2 is 1.51 bits per heavy atom. The molecule has 2 N–H and O–H groups in total. The quantitative estimate of drug-likeness (QED) is 0.0953. The predicted molar refractivity (Wildman–Crippen MR) is 243 cm³/mol. The van der Waals surface area contributed by atoms with Gasteiger partial charge in [-0.2, -0.15) is 0 Å². The van der Waals surface area contributed by atoms with E-state index in [2.05, 4.69) is 65.4 Å². The average Bonchev–Trinajstić information content (AvgIpc) is 3.62. The number of piperazine rings is 1. The number of ether oxygens (including phenoxy) is 1. The van der Waals surface area contributed by atoms with Gasteiger partial charge in [0.15, 0.2) is 5.78 Å². The first-order valence-electron chi connectivity index (χ1n) is 21.6. The Bertz CT molecular complexity index is 2450. The Kier molecular flexibility index (Phi) is 14.1. The summed E-state index contributed by atoms with van der Waals surface area (Å²) in [5.41, 5.74) is 3.64. The van der Waals surface area contributed by atoms with E-state index < -0.39 is 11.7 Å². The number of aromatic nitrogens is 1. The lowest BCUT2D eigenvalue weighted by molar-refractivity contribution is -0.140. The molecule has 2 aliphatic heterocycles. The van der Waals surface area contributed by atoms with Crippen LogP contribution in [0.4, 0.5) is 10.5 Å². The van der Waals surface area contributed by atoms with E-state index >= 15 is 0 Å².